The number of hydrogen-bond acceptors (Lipinski definition) is 3. The minimum absolute atomic E-state index is 0.672. The van der Waals surface area contributed by atoms with E-state index in [1.807, 2.05) is 41.4 Å². The molecule has 3 heteroatoms. The van der Waals surface area contributed by atoms with E-state index in [9.17, 15) is 0 Å². The lowest BCUT2D eigenvalue weighted by molar-refractivity contribution is 0.574. The largest absolute Gasteiger partial charge is 0.349 e. The normalized spacial score (nSPS) is 14.6. The standard InChI is InChI=1S/C11H9N3/c1-13-6-7-14(9-13)11-4-2-10(8-12)3-5-11/h2-7H,1H3. The van der Waals surface area contributed by atoms with Crippen LogP contribution in [-0.4, -0.2) is 11.9 Å². The van der Waals surface area contributed by atoms with Gasteiger partial charge in [-0.3, -0.25) is 0 Å². The van der Waals surface area contributed by atoms with E-state index in [-0.39, 0.29) is 0 Å². The molecule has 2 rings (SSSR count). The van der Waals surface area contributed by atoms with Gasteiger partial charge in [0.05, 0.1) is 11.6 Å². The second kappa shape index (κ2) is 3.43. The first-order valence-electron chi connectivity index (χ1n) is 4.26. The second-order valence-corrected chi connectivity index (χ2v) is 3.04. The van der Waals surface area contributed by atoms with Gasteiger partial charge in [0.2, 0.25) is 6.67 Å². The molecule has 68 valence electrons. The van der Waals surface area contributed by atoms with E-state index in [0.29, 0.717) is 5.56 Å². The number of nitriles is 1. The summed E-state index contributed by atoms with van der Waals surface area (Å²) in [7, 11) is 1.92. The second-order valence-electron chi connectivity index (χ2n) is 3.04. The lowest BCUT2D eigenvalue weighted by atomic mass is 10.2. The highest BCUT2D eigenvalue weighted by molar-refractivity contribution is 5.54. The zero-order valence-electron chi connectivity index (χ0n) is 7.81. The molecule has 2 radical (unpaired) electrons. The third kappa shape index (κ3) is 1.55. The maximum Gasteiger partial charge on any atom is 0.212 e. The molecular formula is C11H9N3. The van der Waals surface area contributed by atoms with Crippen LogP contribution in [0.3, 0.4) is 0 Å². The molecule has 0 saturated heterocycles. The Bertz CT molecular complexity index is 386. The number of rotatable bonds is 1. The SMILES string of the molecule is CN1[C]N(c2ccc(C#N)cc2)C=C1. The molecule has 0 spiro atoms. The highest BCUT2D eigenvalue weighted by Gasteiger charge is 2.12. The minimum atomic E-state index is 0.672. The number of nitrogens with zero attached hydrogens (tertiary/aromatic N) is 3. The molecule has 0 N–H and O–H groups in total. The first-order valence-corrected chi connectivity index (χ1v) is 4.26. The number of anilines is 1. The van der Waals surface area contributed by atoms with E-state index in [0.717, 1.165) is 5.69 Å². The summed E-state index contributed by atoms with van der Waals surface area (Å²) in [6.45, 7) is 3.08. The molecule has 0 amide bonds. The highest BCUT2D eigenvalue weighted by atomic mass is 15.3. The Hall–Kier alpha value is -1.95. The molecular weight excluding hydrogens is 174 g/mol. The molecule has 0 unspecified atom stereocenters. The van der Waals surface area contributed by atoms with E-state index >= 15 is 0 Å². The van der Waals surface area contributed by atoms with Crippen LogP contribution >= 0.6 is 0 Å². The molecule has 0 aromatic heterocycles. The van der Waals surface area contributed by atoms with Gasteiger partial charge in [0, 0.05) is 25.1 Å². The summed E-state index contributed by atoms with van der Waals surface area (Å²) in [5.41, 5.74) is 1.68. The van der Waals surface area contributed by atoms with Crippen molar-refractivity contribution < 1.29 is 0 Å². The van der Waals surface area contributed by atoms with Gasteiger partial charge in [0.15, 0.2) is 0 Å². The van der Waals surface area contributed by atoms with Crippen molar-refractivity contribution in [2.45, 2.75) is 0 Å². The molecule has 14 heavy (non-hydrogen) atoms. The summed E-state index contributed by atoms with van der Waals surface area (Å²) in [6, 6.07) is 9.47. The average molecular weight is 183 g/mol. The molecule has 1 heterocycles. The maximum atomic E-state index is 8.63. The third-order valence-electron chi connectivity index (χ3n) is 1.98. The molecule has 0 fully saturated rings. The van der Waals surface area contributed by atoms with E-state index in [2.05, 4.69) is 12.7 Å². The van der Waals surface area contributed by atoms with Crippen molar-refractivity contribution in [3.05, 3.63) is 48.9 Å². The van der Waals surface area contributed by atoms with Gasteiger partial charge in [-0.05, 0) is 24.3 Å². The number of hydrogen-bond donors (Lipinski definition) is 0. The van der Waals surface area contributed by atoms with Gasteiger partial charge >= 0.3 is 0 Å². The van der Waals surface area contributed by atoms with Crippen molar-refractivity contribution in [1.82, 2.24) is 4.90 Å². The molecule has 1 aromatic carbocycles. The van der Waals surface area contributed by atoms with Crippen molar-refractivity contribution in [3.63, 3.8) is 0 Å². The summed E-state index contributed by atoms with van der Waals surface area (Å²) in [5.74, 6) is 0. The number of benzene rings is 1. The van der Waals surface area contributed by atoms with Crippen molar-refractivity contribution >= 4 is 5.69 Å². The molecule has 3 nitrogen and oxygen atoms in total. The fourth-order valence-corrected chi connectivity index (χ4v) is 1.24. The Morgan fingerprint density at radius 2 is 1.93 bits per heavy atom. The van der Waals surface area contributed by atoms with Crippen LogP contribution in [-0.2, 0) is 0 Å². The van der Waals surface area contributed by atoms with Crippen LogP contribution in [0, 0.1) is 18.0 Å². The van der Waals surface area contributed by atoms with Crippen molar-refractivity contribution in [2.24, 2.45) is 0 Å². The Kier molecular flexibility index (Phi) is 2.11. The van der Waals surface area contributed by atoms with E-state index in [1.165, 1.54) is 0 Å². The van der Waals surface area contributed by atoms with Crippen LogP contribution in [0.25, 0.3) is 0 Å². The van der Waals surface area contributed by atoms with Crippen LogP contribution in [0.2, 0.25) is 0 Å². The first-order chi connectivity index (χ1) is 6.79. The molecule has 0 atom stereocenters. The Labute approximate surface area is 83.5 Å². The molecule has 1 aliphatic heterocycles. The van der Waals surface area contributed by atoms with Crippen LogP contribution in [0.15, 0.2) is 36.7 Å². The zero-order valence-corrected chi connectivity index (χ0v) is 7.81. The zero-order chi connectivity index (χ0) is 9.97. The van der Waals surface area contributed by atoms with Gasteiger partial charge in [0.1, 0.15) is 0 Å². The van der Waals surface area contributed by atoms with Crippen LogP contribution in [0.4, 0.5) is 5.69 Å². The third-order valence-corrected chi connectivity index (χ3v) is 1.98. The summed E-state index contributed by atoms with van der Waals surface area (Å²) in [4.78, 5) is 3.72. The fourth-order valence-electron chi connectivity index (χ4n) is 1.24. The Morgan fingerprint density at radius 3 is 2.43 bits per heavy atom. The predicted octanol–water partition coefficient (Wildman–Crippen LogP) is 1.78. The summed E-state index contributed by atoms with van der Waals surface area (Å²) < 4.78 is 0. The smallest absolute Gasteiger partial charge is 0.212 e. The molecule has 0 bridgehead atoms. The lowest BCUT2D eigenvalue weighted by Crippen LogP contribution is -2.14. The average Bonchev–Trinajstić information content (AvgIpc) is 2.65. The van der Waals surface area contributed by atoms with Gasteiger partial charge in [-0.25, -0.2) is 0 Å². The molecule has 1 aliphatic rings. The van der Waals surface area contributed by atoms with Crippen LogP contribution < -0.4 is 4.90 Å². The fraction of sp³-hybridized carbons (Fsp3) is 0.0909. The molecule has 0 aliphatic carbocycles. The molecule has 0 saturated carbocycles. The quantitative estimate of drug-likeness (QED) is 0.664. The van der Waals surface area contributed by atoms with Crippen molar-refractivity contribution in [1.29, 1.82) is 5.26 Å². The highest BCUT2D eigenvalue weighted by Crippen LogP contribution is 2.20. The first kappa shape index (κ1) is 8.64. The van der Waals surface area contributed by atoms with Gasteiger partial charge < -0.3 is 9.80 Å². The van der Waals surface area contributed by atoms with E-state index < -0.39 is 0 Å². The van der Waals surface area contributed by atoms with Crippen LogP contribution in [0.5, 0.6) is 0 Å². The summed E-state index contributed by atoms with van der Waals surface area (Å²) >= 11 is 0. The van der Waals surface area contributed by atoms with Crippen molar-refractivity contribution in [3.8, 4) is 6.07 Å². The summed E-state index contributed by atoms with van der Waals surface area (Å²) in [5, 5.41) is 8.63. The summed E-state index contributed by atoms with van der Waals surface area (Å²) in [6.07, 6.45) is 3.83. The van der Waals surface area contributed by atoms with Crippen molar-refractivity contribution in [2.75, 3.05) is 11.9 Å². The van der Waals surface area contributed by atoms with Gasteiger partial charge in [-0.1, -0.05) is 0 Å². The van der Waals surface area contributed by atoms with Gasteiger partial charge in [-0.2, -0.15) is 5.26 Å². The predicted molar refractivity (Wildman–Crippen MR) is 53.8 cm³/mol. The van der Waals surface area contributed by atoms with Gasteiger partial charge in [0.25, 0.3) is 0 Å². The van der Waals surface area contributed by atoms with Gasteiger partial charge in [-0.15, -0.1) is 0 Å². The lowest BCUT2D eigenvalue weighted by Gasteiger charge is -2.15. The van der Waals surface area contributed by atoms with E-state index in [4.69, 9.17) is 5.26 Å². The minimum Gasteiger partial charge on any atom is -0.349 e. The van der Waals surface area contributed by atoms with E-state index in [1.54, 1.807) is 12.1 Å². The Morgan fingerprint density at radius 1 is 1.21 bits per heavy atom. The maximum absolute atomic E-state index is 8.63. The monoisotopic (exact) mass is 183 g/mol. The molecule has 1 aromatic rings. The topological polar surface area (TPSA) is 30.3 Å². The Balaban J connectivity index is 2.19. The van der Waals surface area contributed by atoms with Crippen LogP contribution in [0.1, 0.15) is 5.56 Å².